The van der Waals surface area contributed by atoms with E-state index in [9.17, 15) is 0 Å². The summed E-state index contributed by atoms with van der Waals surface area (Å²) in [4.78, 5) is 13.8. The van der Waals surface area contributed by atoms with Crippen molar-refractivity contribution in [1.29, 1.82) is 0 Å². The van der Waals surface area contributed by atoms with Crippen LogP contribution in [0.1, 0.15) is 22.3 Å². The fourth-order valence-corrected chi connectivity index (χ4v) is 8.36. The normalized spacial score (nSPS) is 11.1. The number of nitrogens with zero attached hydrogens (tertiary/aromatic N) is 5. The van der Waals surface area contributed by atoms with E-state index < -0.39 is 0 Å². The highest BCUT2D eigenvalue weighted by Gasteiger charge is 2.17. The van der Waals surface area contributed by atoms with Crippen LogP contribution in [-0.2, 0) is 25.7 Å². The zero-order valence-electron chi connectivity index (χ0n) is 34.9. The van der Waals surface area contributed by atoms with Crippen LogP contribution in [0.15, 0.2) is 225 Å². The van der Waals surface area contributed by atoms with E-state index in [1.807, 2.05) is 61.2 Å². The summed E-state index contributed by atoms with van der Waals surface area (Å²) < 4.78 is 2.11. The van der Waals surface area contributed by atoms with Crippen molar-refractivity contribution in [2.45, 2.75) is 25.7 Å². The highest BCUT2D eigenvalue weighted by atomic mass is 15.3. The van der Waals surface area contributed by atoms with Gasteiger partial charge in [-0.2, -0.15) is 5.10 Å². The Morgan fingerprint density at radius 1 is 0.302 bits per heavy atom. The fourth-order valence-electron chi connectivity index (χ4n) is 8.36. The van der Waals surface area contributed by atoms with Crippen molar-refractivity contribution in [1.82, 2.24) is 24.7 Å². The largest absolute Gasteiger partial charge is 0.256 e. The van der Waals surface area contributed by atoms with Gasteiger partial charge in [0.2, 0.25) is 0 Å². The van der Waals surface area contributed by atoms with E-state index in [1.165, 1.54) is 33.4 Å². The summed E-state index contributed by atoms with van der Waals surface area (Å²) >= 11 is 0. The van der Waals surface area contributed by atoms with Crippen LogP contribution in [0.25, 0.3) is 73.0 Å². The lowest BCUT2D eigenvalue weighted by atomic mass is 9.94. The number of hydrogen-bond acceptors (Lipinski definition) is 4. The summed E-state index contributed by atoms with van der Waals surface area (Å²) in [7, 11) is 0. The number of benzene rings is 6. The predicted molar refractivity (Wildman–Crippen MR) is 257 cm³/mol. The highest BCUT2D eigenvalue weighted by molar-refractivity contribution is 5.81. The Balaban J connectivity index is 0.995. The van der Waals surface area contributed by atoms with Gasteiger partial charge in [-0.1, -0.05) is 133 Å². The monoisotopic (exact) mass is 811 g/mol. The van der Waals surface area contributed by atoms with Gasteiger partial charge in [-0.15, -0.1) is 0 Å². The van der Waals surface area contributed by atoms with Gasteiger partial charge in [0.05, 0.1) is 34.7 Å². The highest BCUT2D eigenvalue weighted by Crippen LogP contribution is 2.36. The Morgan fingerprint density at radius 2 is 0.762 bits per heavy atom. The molecule has 0 amide bonds. The van der Waals surface area contributed by atoms with Crippen LogP contribution < -0.4 is 0 Å². The average molecular weight is 812 g/mol. The third-order valence-corrected chi connectivity index (χ3v) is 11.7. The van der Waals surface area contributed by atoms with Gasteiger partial charge < -0.3 is 0 Å². The molecule has 0 aliphatic carbocycles. The van der Waals surface area contributed by atoms with Crippen LogP contribution in [0.3, 0.4) is 0 Å². The molecule has 0 unspecified atom stereocenters. The zero-order chi connectivity index (χ0) is 42.2. The van der Waals surface area contributed by atoms with Gasteiger partial charge >= 0.3 is 0 Å². The van der Waals surface area contributed by atoms with Crippen molar-refractivity contribution in [2.24, 2.45) is 0 Å². The quantitative estimate of drug-likeness (QED) is 0.116. The van der Waals surface area contributed by atoms with Crippen molar-refractivity contribution in [2.75, 3.05) is 0 Å². The van der Waals surface area contributed by atoms with E-state index in [0.717, 1.165) is 87.5 Å². The van der Waals surface area contributed by atoms with Crippen LogP contribution in [-0.4, -0.2) is 24.7 Å². The molecule has 10 rings (SSSR count). The minimum Gasteiger partial charge on any atom is -0.256 e. The van der Waals surface area contributed by atoms with Gasteiger partial charge in [-0.3, -0.25) is 15.0 Å². The summed E-state index contributed by atoms with van der Waals surface area (Å²) in [5.74, 6) is 0. The second kappa shape index (κ2) is 18.3. The molecule has 0 saturated heterocycles. The maximum atomic E-state index is 5.02. The Hall–Kier alpha value is -8.02. The van der Waals surface area contributed by atoms with Gasteiger partial charge in [0.25, 0.3) is 0 Å². The standard InChI is InChI=1S/C58H45N5/c1-2-10-46(11-3-1)47-27-29-48(30-28-47)53-41-51(56-14-6-9-36-61-56)31-32-58(53)63-57(33-37-62-63)52-39-44(17-15-42-19-23-49(24-20-42)54-12-4-7-34-59-54)38-45(40-52)18-16-43-21-25-50(26-22-43)55-13-5-8-35-60-55/h1-14,19-41H,15-18H2. The summed E-state index contributed by atoms with van der Waals surface area (Å²) in [6, 6.07) is 71.1. The Kier molecular flexibility index (Phi) is 11.4. The first kappa shape index (κ1) is 39.1. The van der Waals surface area contributed by atoms with Crippen LogP contribution in [0, 0.1) is 0 Å². The lowest BCUT2D eigenvalue weighted by molar-refractivity contribution is 0.886. The van der Waals surface area contributed by atoms with Gasteiger partial charge in [0.1, 0.15) is 0 Å². The second-order valence-electron chi connectivity index (χ2n) is 15.9. The van der Waals surface area contributed by atoms with E-state index in [-0.39, 0.29) is 0 Å². The van der Waals surface area contributed by atoms with E-state index in [1.54, 1.807) is 0 Å². The minimum atomic E-state index is 0.911. The molecule has 0 saturated carbocycles. The molecule has 0 aliphatic rings. The lowest BCUT2D eigenvalue weighted by Crippen LogP contribution is -2.03. The molecule has 4 aromatic heterocycles. The first-order valence-corrected chi connectivity index (χ1v) is 21.6. The first-order chi connectivity index (χ1) is 31.2. The summed E-state index contributed by atoms with van der Waals surface area (Å²) in [6.45, 7) is 0. The topological polar surface area (TPSA) is 56.5 Å². The van der Waals surface area contributed by atoms with Gasteiger partial charge in [0.15, 0.2) is 0 Å². The Morgan fingerprint density at radius 3 is 1.30 bits per heavy atom. The molecule has 0 atom stereocenters. The van der Waals surface area contributed by atoms with Crippen molar-refractivity contribution < 1.29 is 0 Å². The van der Waals surface area contributed by atoms with Crippen LogP contribution >= 0.6 is 0 Å². The molecule has 0 bridgehead atoms. The molecule has 5 nitrogen and oxygen atoms in total. The maximum absolute atomic E-state index is 5.02. The molecule has 0 radical (unpaired) electrons. The maximum Gasteiger partial charge on any atom is 0.0741 e. The summed E-state index contributed by atoms with van der Waals surface area (Å²) in [5.41, 5.74) is 19.2. The smallest absolute Gasteiger partial charge is 0.0741 e. The van der Waals surface area contributed by atoms with Crippen molar-refractivity contribution >= 4 is 0 Å². The third kappa shape index (κ3) is 9.05. The molecule has 4 heterocycles. The molecule has 5 heteroatoms. The molecule has 0 fully saturated rings. The van der Waals surface area contributed by atoms with Gasteiger partial charge in [-0.05, 0) is 131 Å². The van der Waals surface area contributed by atoms with E-state index >= 15 is 0 Å². The first-order valence-electron chi connectivity index (χ1n) is 21.6. The SMILES string of the molecule is c1ccc(-c2ccc(-c3cc(-c4ccccn4)ccc3-n3nccc3-c3cc(CCc4ccc(-c5ccccn5)cc4)cc(CCc4ccc(-c5ccccn5)cc4)c3)cc2)cc1. The number of pyridine rings is 3. The Labute approximate surface area is 369 Å². The molecule has 0 aliphatic heterocycles. The number of rotatable bonds is 13. The molecule has 0 N–H and O–H groups in total. The minimum absolute atomic E-state index is 0.911. The number of aromatic nitrogens is 5. The molecular formula is C58H45N5. The predicted octanol–water partition coefficient (Wildman–Crippen LogP) is 13.6. The van der Waals surface area contributed by atoms with Crippen LogP contribution in [0.2, 0.25) is 0 Å². The molecule has 0 spiro atoms. The molecule has 63 heavy (non-hydrogen) atoms. The van der Waals surface area contributed by atoms with Crippen LogP contribution in [0.5, 0.6) is 0 Å². The zero-order valence-corrected chi connectivity index (χ0v) is 34.9. The molecule has 10 aromatic rings. The molecule has 6 aromatic carbocycles. The summed E-state index contributed by atoms with van der Waals surface area (Å²) in [6.07, 6.45) is 11.1. The number of hydrogen-bond donors (Lipinski definition) is 0. The van der Waals surface area contributed by atoms with E-state index in [4.69, 9.17) is 10.1 Å². The van der Waals surface area contributed by atoms with Crippen molar-refractivity contribution in [3.63, 3.8) is 0 Å². The average Bonchev–Trinajstić information content (AvgIpc) is 3.87. The molecular weight excluding hydrogens is 767 g/mol. The number of aryl methyl sites for hydroxylation is 4. The van der Waals surface area contributed by atoms with Crippen molar-refractivity contribution in [3.8, 4) is 73.0 Å². The fraction of sp³-hybridized carbons (Fsp3) is 0.0690. The Bertz CT molecular complexity index is 2950. The van der Waals surface area contributed by atoms with Crippen molar-refractivity contribution in [3.05, 3.63) is 247 Å². The van der Waals surface area contributed by atoms with Gasteiger partial charge in [0, 0.05) is 46.4 Å². The second-order valence-corrected chi connectivity index (χ2v) is 15.9. The summed E-state index contributed by atoms with van der Waals surface area (Å²) in [5, 5.41) is 5.02. The third-order valence-electron chi connectivity index (χ3n) is 11.7. The van der Waals surface area contributed by atoms with Gasteiger partial charge in [-0.25, -0.2) is 4.68 Å². The van der Waals surface area contributed by atoms with E-state index in [0.29, 0.717) is 0 Å². The van der Waals surface area contributed by atoms with E-state index in [2.05, 4.69) is 178 Å². The lowest BCUT2D eigenvalue weighted by Gasteiger charge is -2.17. The molecule has 302 valence electrons. The van der Waals surface area contributed by atoms with Crippen LogP contribution in [0.4, 0.5) is 0 Å².